The van der Waals surface area contributed by atoms with Crippen molar-refractivity contribution in [2.24, 2.45) is 0 Å². The van der Waals surface area contributed by atoms with Crippen molar-refractivity contribution in [2.75, 3.05) is 26.2 Å². The van der Waals surface area contributed by atoms with Crippen LogP contribution >= 0.6 is 23.2 Å². The third-order valence-electron chi connectivity index (χ3n) is 3.32. The van der Waals surface area contributed by atoms with E-state index in [9.17, 15) is 0 Å². The van der Waals surface area contributed by atoms with E-state index in [0.717, 1.165) is 38.2 Å². The van der Waals surface area contributed by atoms with E-state index in [2.05, 4.69) is 22.9 Å². The van der Waals surface area contributed by atoms with Crippen molar-refractivity contribution in [2.45, 2.75) is 12.5 Å². The van der Waals surface area contributed by atoms with Gasteiger partial charge in [0, 0.05) is 32.2 Å². The van der Waals surface area contributed by atoms with Crippen LogP contribution in [0.15, 0.2) is 30.9 Å². The summed E-state index contributed by atoms with van der Waals surface area (Å²) in [6.45, 7) is 7.95. The highest BCUT2D eigenvalue weighted by molar-refractivity contribution is 6.42. The first-order valence-corrected chi connectivity index (χ1v) is 6.99. The van der Waals surface area contributed by atoms with Crippen LogP contribution < -0.4 is 5.32 Å². The Hall–Kier alpha value is -0.540. The predicted octanol–water partition coefficient (Wildman–Crippen LogP) is 3.52. The maximum absolute atomic E-state index is 6.33. The van der Waals surface area contributed by atoms with Gasteiger partial charge in [0.15, 0.2) is 0 Å². The third kappa shape index (κ3) is 3.07. The van der Waals surface area contributed by atoms with Crippen molar-refractivity contribution >= 4 is 23.2 Å². The van der Waals surface area contributed by atoms with Gasteiger partial charge in [0.2, 0.25) is 0 Å². The van der Waals surface area contributed by atoms with E-state index in [0.29, 0.717) is 10.0 Å². The molecule has 1 aliphatic rings. The molecule has 1 saturated heterocycles. The molecule has 4 heteroatoms. The Balaban J connectivity index is 2.28. The van der Waals surface area contributed by atoms with Gasteiger partial charge in [-0.3, -0.25) is 4.90 Å². The lowest BCUT2D eigenvalue weighted by Crippen LogP contribution is -2.45. The minimum atomic E-state index is 0.274. The van der Waals surface area contributed by atoms with Crippen molar-refractivity contribution in [3.05, 3.63) is 46.5 Å². The summed E-state index contributed by atoms with van der Waals surface area (Å²) in [7, 11) is 0. The minimum Gasteiger partial charge on any atom is -0.314 e. The molecule has 0 spiro atoms. The SMILES string of the molecule is C=CC[C@@H](c1cccc(Cl)c1Cl)N1CCNCC1. The van der Waals surface area contributed by atoms with E-state index in [4.69, 9.17) is 23.2 Å². The molecule has 0 bridgehead atoms. The number of hydrogen-bond acceptors (Lipinski definition) is 2. The first kappa shape index (κ1) is 13.9. The highest BCUT2D eigenvalue weighted by Crippen LogP contribution is 2.34. The van der Waals surface area contributed by atoms with E-state index in [1.54, 1.807) is 0 Å². The lowest BCUT2D eigenvalue weighted by molar-refractivity contribution is 0.174. The van der Waals surface area contributed by atoms with Gasteiger partial charge in [0.1, 0.15) is 0 Å². The van der Waals surface area contributed by atoms with Crippen LogP contribution in [0.25, 0.3) is 0 Å². The van der Waals surface area contributed by atoms with Gasteiger partial charge in [-0.1, -0.05) is 41.4 Å². The minimum absolute atomic E-state index is 0.274. The van der Waals surface area contributed by atoms with Gasteiger partial charge >= 0.3 is 0 Å². The van der Waals surface area contributed by atoms with Crippen LogP contribution in [0.4, 0.5) is 0 Å². The molecule has 1 N–H and O–H groups in total. The first-order valence-electron chi connectivity index (χ1n) is 6.23. The van der Waals surface area contributed by atoms with Crippen molar-refractivity contribution in [1.82, 2.24) is 10.2 Å². The Bertz CT molecular complexity index is 414. The maximum Gasteiger partial charge on any atom is 0.0640 e. The van der Waals surface area contributed by atoms with Crippen LogP contribution in [0.5, 0.6) is 0 Å². The highest BCUT2D eigenvalue weighted by atomic mass is 35.5. The zero-order valence-corrected chi connectivity index (χ0v) is 11.8. The number of hydrogen-bond donors (Lipinski definition) is 1. The van der Waals surface area contributed by atoms with Gasteiger partial charge in [-0.15, -0.1) is 6.58 Å². The number of nitrogens with one attached hydrogen (secondary N) is 1. The van der Waals surface area contributed by atoms with Crippen LogP contribution in [0.3, 0.4) is 0 Å². The van der Waals surface area contributed by atoms with E-state index >= 15 is 0 Å². The first-order chi connectivity index (χ1) is 8.74. The molecular formula is C14H18Cl2N2. The summed E-state index contributed by atoms with van der Waals surface area (Å²) in [5.41, 5.74) is 1.10. The molecule has 1 fully saturated rings. The largest absolute Gasteiger partial charge is 0.314 e. The zero-order chi connectivity index (χ0) is 13.0. The molecule has 1 heterocycles. The van der Waals surface area contributed by atoms with E-state index < -0.39 is 0 Å². The fourth-order valence-corrected chi connectivity index (χ4v) is 2.84. The Morgan fingerprint density at radius 3 is 2.72 bits per heavy atom. The standard InChI is InChI=1S/C14H18Cl2N2/c1-2-4-13(18-9-7-17-8-10-18)11-5-3-6-12(15)14(11)16/h2-3,5-6,13,17H,1,4,7-10H2/t13-/m0/s1. The molecule has 2 rings (SSSR count). The Labute approximate surface area is 119 Å². The van der Waals surface area contributed by atoms with Gasteiger partial charge in [-0.05, 0) is 18.1 Å². The Morgan fingerprint density at radius 1 is 1.33 bits per heavy atom. The van der Waals surface area contributed by atoms with Gasteiger partial charge in [-0.25, -0.2) is 0 Å². The van der Waals surface area contributed by atoms with Crippen LogP contribution in [-0.2, 0) is 0 Å². The molecule has 1 aromatic carbocycles. The molecule has 98 valence electrons. The molecule has 1 aliphatic heterocycles. The van der Waals surface area contributed by atoms with Crippen molar-refractivity contribution in [3.63, 3.8) is 0 Å². The topological polar surface area (TPSA) is 15.3 Å². The molecule has 0 unspecified atom stereocenters. The molecule has 2 nitrogen and oxygen atoms in total. The smallest absolute Gasteiger partial charge is 0.0640 e. The molecule has 1 aromatic rings. The monoisotopic (exact) mass is 284 g/mol. The quantitative estimate of drug-likeness (QED) is 0.852. The predicted molar refractivity (Wildman–Crippen MR) is 78.5 cm³/mol. The van der Waals surface area contributed by atoms with E-state index in [1.807, 2.05) is 18.2 Å². The summed E-state index contributed by atoms with van der Waals surface area (Å²) in [6.07, 6.45) is 2.84. The molecular weight excluding hydrogens is 267 g/mol. The van der Waals surface area contributed by atoms with Crippen LogP contribution in [-0.4, -0.2) is 31.1 Å². The second kappa shape index (κ2) is 6.58. The lowest BCUT2D eigenvalue weighted by atomic mass is 10.0. The summed E-state index contributed by atoms with van der Waals surface area (Å²) in [5.74, 6) is 0. The summed E-state index contributed by atoms with van der Waals surface area (Å²) in [6, 6.07) is 6.12. The van der Waals surface area contributed by atoms with Gasteiger partial charge in [0.25, 0.3) is 0 Å². The second-order valence-electron chi connectivity index (χ2n) is 4.47. The van der Waals surface area contributed by atoms with E-state index in [-0.39, 0.29) is 6.04 Å². The van der Waals surface area contributed by atoms with Crippen molar-refractivity contribution < 1.29 is 0 Å². The van der Waals surface area contributed by atoms with Crippen LogP contribution in [0.2, 0.25) is 10.0 Å². The normalized spacial score (nSPS) is 18.6. The fourth-order valence-electron chi connectivity index (χ4n) is 2.40. The van der Waals surface area contributed by atoms with Crippen LogP contribution in [0, 0.1) is 0 Å². The summed E-state index contributed by atoms with van der Waals surface area (Å²) in [4.78, 5) is 2.44. The molecule has 0 radical (unpaired) electrons. The average Bonchev–Trinajstić information content (AvgIpc) is 2.41. The van der Waals surface area contributed by atoms with Crippen LogP contribution in [0.1, 0.15) is 18.0 Å². The van der Waals surface area contributed by atoms with Crippen molar-refractivity contribution in [1.29, 1.82) is 0 Å². The summed E-state index contributed by atoms with van der Waals surface area (Å²) >= 11 is 12.4. The zero-order valence-electron chi connectivity index (χ0n) is 10.3. The second-order valence-corrected chi connectivity index (χ2v) is 5.25. The number of piperazine rings is 1. The molecule has 0 amide bonds. The number of halogens is 2. The highest BCUT2D eigenvalue weighted by Gasteiger charge is 2.23. The summed E-state index contributed by atoms with van der Waals surface area (Å²) in [5, 5.41) is 4.66. The van der Waals surface area contributed by atoms with Crippen molar-refractivity contribution in [3.8, 4) is 0 Å². The Kier molecular flexibility index (Phi) is 5.07. The van der Waals surface area contributed by atoms with E-state index in [1.165, 1.54) is 0 Å². The number of nitrogens with zero attached hydrogens (tertiary/aromatic N) is 1. The van der Waals surface area contributed by atoms with Gasteiger partial charge in [0.05, 0.1) is 10.0 Å². The number of benzene rings is 1. The lowest BCUT2D eigenvalue weighted by Gasteiger charge is -2.35. The fraction of sp³-hybridized carbons (Fsp3) is 0.429. The third-order valence-corrected chi connectivity index (χ3v) is 4.16. The maximum atomic E-state index is 6.33. The molecule has 0 aliphatic carbocycles. The molecule has 0 saturated carbocycles. The van der Waals surface area contributed by atoms with Gasteiger partial charge < -0.3 is 5.32 Å². The molecule has 0 aromatic heterocycles. The Morgan fingerprint density at radius 2 is 2.06 bits per heavy atom. The molecule has 18 heavy (non-hydrogen) atoms. The number of rotatable bonds is 4. The average molecular weight is 285 g/mol. The van der Waals surface area contributed by atoms with Gasteiger partial charge in [-0.2, -0.15) is 0 Å². The molecule has 1 atom stereocenters. The summed E-state index contributed by atoms with van der Waals surface area (Å²) < 4.78 is 0.